The van der Waals surface area contributed by atoms with Gasteiger partial charge < -0.3 is 5.11 Å². The van der Waals surface area contributed by atoms with Crippen molar-refractivity contribution in [1.82, 2.24) is 8.61 Å². The van der Waals surface area contributed by atoms with E-state index in [9.17, 15) is 13.5 Å². The summed E-state index contributed by atoms with van der Waals surface area (Å²) in [6, 6.07) is 11.2. The second-order valence-corrected chi connectivity index (χ2v) is 8.06. The first kappa shape index (κ1) is 17.1. The van der Waals surface area contributed by atoms with Crippen LogP contribution in [0.15, 0.2) is 47.2 Å². The number of aliphatic hydroxyl groups is 1. The molecule has 1 aromatic carbocycles. The minimum atomic E-state index is -3.61. The SMILES string of the molecule is CN(C)S(=O)(=O)N(Cc1ccccc1)C[C@H](O)c1ccsc1. The predicted molar refractivity (Wildman–Crippen MR) is 88.7 cm³/mol. The maximum Gasteiger partial charge on any atom is 0.281 e. The lowest BCUT2D eigenvalue weighted by molar-refractivity contribution is 0.143. The van der Waals surface area contributed by atoms with E-state index in [2.05, 4.69) is 0 Å². The number of rotatable bonds is 7. The molecular weight excluding hydrogens is 320 g/mol. The molecule has 0 unspecified atom stereocenters. The minimum absolute atomic E-state index is 0.0200. The van der Waals surface area contributed by atoms with Crippen molar-refractivity contribution >= 4 is 21.5 Å². The molecule has 22 heavy (non-hydrogen) atoms. The van der Waals surface area contributed by atoms with Gasteiger partial charge >= 0.3 is 0 Å². The minimum Gasteiger partial charge on any atom is -0.387 e. The van der Waals surface area contributed by atoms with E-state index in [0.29, 0.717) is 0 Å². The van der Waals surface area contributed by atoms with E-state index in [1.807, 2.05) is 41.1 Å². The standard InChI is InChI=1S/C15H20N2O3S2/c1-16(2)22(19,20)17(10-13-6-4-3-5-7-13)11-15(18)14-8-9-21-12-14/h3-9,12,15,18H,10-11H2,1-2H3/t15-/m0/s1. The van der Waals surface area contributed by atoms with Gasteiger partial charge in [0.1, 0.15) is 0 Å². The summed E-state index contributed by atoms with van der Waals surface area (Å²) in [5.41, 5.74) is 1.61. The Morgan fingerprint density at radius 1 is 1.18 bits per heavy atom. The maximum atomic E-state index is 12.5. The van der Waals surface area contributed by atoms with Gasteiger partial charge in [-0.2, -0.15) is 28.4 Å². The van der Waals surface area contributed by atoms with Crippen LogP contribution < -0.4 is 0 Å². The Bertz CT molecular complexity index is 670. The van der Waals surface area contributed by atoms with Gasteiger partial charge in [0.25, 0.3) is 10.2 Å². The van der Waals surface area contributed by atoms with Crippen LogP contribution in [0.3, 0.4) is 0 Å². The first-order valence-electron chi connectivity index (χ1n) is 6.83. The zero-order chi connectivity index (χ0) is 16.2. The molecule has 0 aliphatic heterocycles. The maximum absolute atomic E-state index is 12.5. The van der Waals surface area contributed by atoms with Gasteiger partial charge in [0.2, 0.25) is 0 Å². The van der Waals surface area contributed by atoms with Gasteiger partial charge in [0, 0.05) is 27.2 Å². The van der Waals surface area contributed by atoms with E-state index in [-0.39, 0.29) is 13.1 Å². The fourth-order valence-electron chi connectivity index (χ4n) is 2.02. The molecule has 0 bridgehead atoms. The highest BCUT2D eigenvalue weighted by atomic mass is 32.2. The number of thiophene rings is 1. The summed E-state index contributed by atoms with van der Waals surface area (Å²) in [7, 11) is -0.632. The second kappa shape index (κ2) is 7.34. The van der Waals surface area contributed by atoms with Gasteiger partial charge in [0.15, 0.2) is 0 Å². The summed E-state index contributed by atoms with van der Waals surface area (Å²) in [5, 5.41) is 14.0. The first-order chi connectivity index (χ1) is 10.4. The molecule has 0 amide bonds. The largest absolute Gasteiger partial charge is 0.387 e. The summed E-state index contributed by atoms with van der Waals surface area (Å²) in [6.45, 7) is 0.245. The van der Waals surface area contributed by atoms with Crippen LogP contribution in [0.5, 0.6) is 0 Å². The smallest absolute Gasteiger partial charge is 0.281 e. The van der Waals surface area contributed by atoms with Crippen molar-refractivity contribution in [2.24, 2.45) is 0 Å². The van der Waals surface area contributed by atoms with Crippen molar-refractivity contribution in [3.8, 4) is 0 Å². The van der Waals surface area contributed by atoms with E-state index < -0.39 is 16.3 Å². The molecule has 1 atom stereocenters. The number of benzene rings is 1. The third-order valence-electron chi connectivity index (χ3n) is 3.29. The molecule has 1 aromatic heterocycles. The fourth-order valence-corrected chi connectivity index (χ4v) is 3.83. The Hall–Kier alpha value is -1.25. The van der Waals surface area contributed by atoms with Gasteiger partial charge in [-0.1, -0.05) is 30.3 Å². The highest BCUT2D eigenvalue weighted by molar-refractivity contribution is 7.86. The second-order valence-electron chi connectivity index (χ2n) is 5.14. The summed E-state index contributed by atoms with van der Waals surface area (Å²) >= 11 is 1.47. The monoisotopic (exact) mass is 340 g/mol. The topological polar surface area (TPSA) is 60.9 Å². The normalized spacial score (nSPS) is 13.7. The zero-order valence-corrected chi connectivity index (χ0v) is 14.2. The van der Waals surface area contributed by atoms with Crippen LogP contribution in [-0.4, -0.2) is 42.8 Å². The average molecular weight is 340 g/mol. The summed E-state index contributed by atoms with van der Waals surface area (Å²) in [5.74, 6) is 0. The number of hydrogen-bond acceptors (Lipinski definition) is 4. The third kappa shape index (κ3) is 4.15. The van der Waals surface area contributed by atoms with Crippen molar-refractivity contribution in [3.63, 3.8) is 0 Å². The quantitative estimate of drug-likeness (QED) is 0.839. The Kier molecular flexibility index (Phi) is 5.71. The summed E-state index contributed by atoms with van der Waals surface area (Å²) < 4.78 is 27.4. The van der Waals surface area contributed by atoms with E-state index >= 15 is 0 Å². The van der Waals surface area contributed by atoms with Crippen LogP contribution >= 0.6 is 11.3 Å². The van der Waals surface area contributed by atoms with Crippen molar-refractivity contribution in [1.29, 1.82) is 0 Å². The van der Waals surface area contributed by atoms with Crippen LogP contribution in [0, 0.1) is 0 Å². The Morgan fingerprint density at radius 3 is 2.41 bits per heavy atom. The molecule has 1 N–H and O–H groups in total. The molecule has 0 aliphatic carbocycles. The Morgan fingerprint density at radius 2 is 1.86 bits per heavy atom. The van der Waals surface area contributed by atoms with Crippen molar-refractivity contribution in [3.05, 3.63) is 58.3 Å². The van der Waals surface area contributed by atoms with Crippen LogP contribution in [-0.2, 0) is 16.8 Å². The summed E-state index contributed by atoms with van der Waals surface area (Å²) in [4.78, 5) is 0. The molecule has 0 spiro atoms. The van der Waals surface area contributed by atoms with Crippen molar-refractivity contribution in [2.45, 2.75) is 12.6 Å². The van der Waals surface area contributed by atoms with E-state index in [4.69, 9.17) is 0 Å². The van der Waals surface area contributed by atoms with Crippen LogP contribution in [0.25, 0.3) is 0 Å². The number of aliphatic hydroxyl groups excluding tert-OH is 1. The first-order valence-corrected chi connectivity index (χ1v) is 9.17. The molecule has 5 nitrogen and oxygen atoms in total. The molecule has 2 aromatic rings. The number of nitrogens with zero attached hydrogens (tertiary/aromatic N) is 2. The average Bonchev–Trinajstić information content (AvgIpc) is 3.01. The van der Waals surface area contributed by atoms with E-state index in [1.165, 1.54) is 29.7 Å². The molecule has 0 saturated carbocycles. The fraction of sp³-hybridized carbons (Fsp3) is 0.333. The molecule has 0 aliphatic rings. The van der Waals surface area contributed by atoms with Crippen molar-refractivity contribution in [2.75, 3.05) is 20.6 Å². The molecule has 7 heteroatoms. The van der Waals surface area contributed by atoms with Gasteiger partial charge in [-0.3, -0.25) is 0 Å². The van der Waals surface area contributed by atoms with Gasteiger partial charge in [-0.05, 0) is 28.0 Å². The lowest BCUT2D eigenvalue weighted by atomic mass is 10.2. The van der Waals surface area contributed by atoms with Crippen LogP contribution in [0.4, 0.5) is 0 Å². The Labute approximate surface area is 135 Å². The molecular formula is C15H20N2O3S2. The lowest BCUT2D eigenvalue weighted by Gasteiger charge is -2.27. The Balaban J connectivity index is 2.22. The highest BCUT2D eigenvalue weighted by Crippen LogP contribution is 2.21. The van der Waals surface area contributed by atoms with E-state index in [0.717, 1.165) is 15.4 Å². The molecule has 1 heterocycles. The van der Waals surface area contributed by atoms with Gasteiger partial charge in [-0.15, -0.1) is 0 Å². The van der Waals surface area contributed by atoms with Crippen LogP contribution in [0.1, 0.15) is 17.2 Å². The van der Waals surface area contributed by atoms with Crippen molar-refractivity contribution < 1.29 is 13.5 Å². The third-order valence-corrected chi connectivity index (χ3v) is 5.85. The predicted octanol–water partition coefficient (Wildman–Crippen LogP) is 2.09. The molecule has 2 rings (SSSR count). The highest BCUT2D eigenvalue weighted by Gasteiger charge is 2.27. The van der Waals surface area contributed by atoms with Gasteiger partial charge in [0.05, 0.1) is 6.10 Å². The number of hydrogen-bond donors (Lipinski definition) is 1. The van der Waals surface area contributed by atoms with Gasteiger partial charge in [-0.25, -0.2) is 0 Å². The zero-order valence-electron chi connectivity index (χ0n) is 12.6. The molecule has 0 fully saturated rings. The van der Waals surface area contributed by atoms with E-state index in [1.54, 1.807) is 6.07 Å². The van der Waals surface area contributed by atoms with Crippen LogP contribution in [0.2, 0.25) is 0 Å². The summed E-state index contributed by atoms with van der Waals surface area (Å²) in [6.07, 6.45) is -0.843. The molecule has 0 saturated heterocycles. The molecule has 0 radical (unpaired) electrons. The molecule has 120 valence electrons. The lowest BCUT2D eigenvalue weighted by Crippen LogP contribution is -2.41.